The van der Waals surface area contributed by atoms with E-state index in [-0.39, 0.29) is 5.91 Å². The number of rotatable bonds is 1. The van der Waals surface area contributed by atoms with Crippen LogP contribution in [0.15, 0.2) is 48.5 Å². The Morgan fingerprint density at radius 2 is 1.79 bits per heavy atom. The lowest BCUT2D eigenvalue weighted by molar-refractivity contribution is -0.137. The maximum absolute atomic E-state index is 13.2. The number of hydrogen-bond donors (Lipinski definition) is 0. The van der Waals surface area contributed by atoms with Crippen LogP contribution in [0.2, 0.25) is 0 Å². The van der Waals surface area contributed by atoms with E-state index < -0.39 is 11.6 Å². The van der Waals surface area contributed by atoms with E-state index in [2.05, 4.69) is 6.07 Å². The molecule has 2 heterocycles. The van der Waals surface area contributed by atoms with Crippen molar-refractivity contribution in [2.75, 3.05) is 11.4 Å². The highest BCUT2D eigenvalue weighted by Gasteiger charge is 2.45. The van der Waals surface area contributed by atoms with Crippen LogP contribution in [-0.4, -0.2) is 24.0 Å². The number of anilines is 1. The molecule has 0 aliphatic carbocycles. The van der Waals surface area contributed by atoms with Gasteiger partial charge in [-0.05, 0) is 43.0 Å². The molecule has 2 aromatic carbocycles. The predicted molar refractivity (Wildman–Crippen MR) is 91.1 cm³/mol. The Balaban J connectivity index is 1.70. The predicted octanol–water partition coefficient (Wildman–Crippen LogP) is 3.14. The summed E-state index contributed by atoms with van der Waals surface area (Å²) in [7, 11) is 0. The van der Waals surface area contributed by atoms with Crippen LogP contribution in [-0.2, 0) is 22.4 Å². The van der Waals surface area contributed by atoms with Gasteiger partial charge in [0, 0.05) is 18.7 Å². The van der Waals surface area contributed by atoms with Crippen molar-refractivity contribution in [1.82, 2.24) is 0 Å². The van der Waals surface area contributed by atoms with E-state index in [9.17, 15) is 9.59 Å². The number of ether oxygens (including phenoxy) is 1. The average molecular weight is 321 g/mol. The van der Waals surface area contributed by atoms with E-state index in [1.165, 1.54) is 5.56 Å². The molecule has 0 bridgehead atoms. The zero-order valence-corrected chi connectivity index (χ0v) is 13.6. The van der Waals surface area contributed by atoms with Crippen molar-refractivity contribution < 1.29 is 14.3 Å². The third kappa shape index (κ3) is 2.30. The van der Waals surface area contributed by atoms with Gasteiger partial charge in [-0.1, -0.05) is 36.4 Å². The second kappa shape index (κ2) is 5.48. The quantitative estimate of drug-likeness (QED) is 0.758. The Bertz CT molecular complexity index is 829. The topological polar surface area (TPSA) is 46.6 Å². The van der Waals surface area contributed by atoms with Gasteiger partial charge in [0.15, 0.2) is 5.60 Å². The van der Waals surface area contributed by atoms with Gasteiger partial charge < -0.3 is 9.64 Å². The highest BCUT2D eigenvalue weighted by molar-refractivity contribution is 6.04. The van der Waals surface area contributed by atoms with E-state index in [0.717, 1.165) is 24.1 Å². The summed E-state index contributed by atoms with van der Waals surface area (Å²) >= 11 is 0. The minimum absolute atomic E-state index is 0.141. The Morgan fingerprint density at radius 3 is 2.62 bits per heavy atom. The van der Waals surface area contributed by atoms with Gasteiger partial charge in [0.05, 0.1) is 5.56 Å². The van der Waals surface area contributed by atoms with Crippen LogP contribution in [0.5, 0.6) is 0 Å². The van der Waals surface area contributed by atoms with E-state index in [4.69, 9.17) is 4.74 Å². The summed E-state index contributed by atoms with van der Waals surface area (Å²) in [6.07, 6.45) is 2.30. The van der Waals surface area contributed by atoms with E-state index >= 15 is 0 Å². The van der Waals surface area contributed by atoms with Crippen molar-refractivity contribution in [2.45, 2.75) is 31.8 Å². The number of carbonyl (C=O) groups is 2. The first kappa shape index (κ1) is 14.9. The molecule has 4 nitrogen and oxygen atoms in total. The molecule has 0 saturated heterocycles. The summed E-state index contributed by atoms with van der Waals surface area (Å²) in [4.78, 5) is 27.4. The summed E-state index contributed by atoms with van der Waals surface area (Å²) in [5.74, 6) is -0.560. The molecule has 122 valence electrons. The normalized spacial score (nSPS) is 22.4. The third-order valence-corrected chi connectivity index (χ3v) is 4.89. The molecule has 1 atom stereocenters. The second-order valence-electron chi connectivity index (χ2n) is 6.64. The van der Waals surface area contributed by atoms with E-state index in [1.807, 2.05) is 36.4 Å². The molecule has 0 fully saturated rings. The van der Waals surface area contributed by atoms with Crippen molar-refractivity contribution in [3.05, 3.63) is 65.2 Å². The highest BCUT2D eigenvalue weighted by Crippen LogP contribution is 2.34. The molecule has 0 N–H and O–H groups in total. The number of carbonyl (C=O) groups excluding carboxylic acids is 2. The molecular weight excluding hydrogens is 302 g/mol. The molecule has 0 saturated carbocycles. The van der Waals surface area contributed by atoms with Crippen molar-refractivity contribution in [1.29, 1.82) is 0 Å². The molecule has 0 unspecified atom stereocenters. The van der Waals surface area contributed by atoms with Gasteiger partial charge in [-0.3, -0.25) is 4.79 Å². The number of nitrogens with zero attached hydrogens (tertiary/aromatic N) is 1. The first-order valence-electron chi connectivity index (χ1n) is 8.30. The molecule has 4 heteroatoms. The van der Waals surface area contributed by atoms with Crippen LogP contribution in [0.3, 0.4) is 0 Å². The lowest BCUT2D eigenvalue weighted by Crippen LogP contribution is -2.54. The van der Waals surface area contributed by atoms with Gasteiger partial charge in [-0.15, -0.1) is 0 Å². The summed E-state index contributed by atoms with van der Waals surface area (Å²) in [5.41, 5.74) is 2.38. The van der Waals surface area contributed by atoms with Crippen LogP contribution < -0.4 is 4.90 Å². The Labute approximate surface area is 141 Å². The summed E-state index contributed by atoms with van der Waals surface area (Å²) in [6, 6.07) is 15.3. The molecule has 1 amide bonds. The van der Waals surface area contributed by atoms with E-state index in [0.29, 0.717) is 18.5 Å². The Kier molecular flexibility index (Phi) is 3.41. The molecule has 2 aliphatic heterocycles. The molecular formula is C20H19NO3. The fraction of sp³-hybridized carbons (Fsp3) is 0.300. The number of benzene rings is 2. The maximum Gasteiger partial charge on any atom is 0.339 e. The van der Waals surface area contributed by atoms with Crippen molar-refractivity contribution in [2.24, 2.45) is 0 Å². The van der Waals surface area contributed by atoms with Crippen LogP contribution >= 0.6 is 0 Å². The van der Waals surface area contributed by atoms with Crippen molar-refractivity contribution in [3.63, 3.8) is 0 Å². The number of cyclic esters (lactones) is 1. The number of amides is 1. The SMILES string of the molecule is C[C@@]1(C(=O)N2CCCc3ccccc32)Cc2ccccc2C(=O)O1. The maximum atomic E-state index is 13.2. The fourth-order valence-electron chi connectivity index (χ4n) is 3.68. The molecule has 2 aliphatic rings. The van der Waals surface area contributed by atoms with Gasteiger partial charge >= 0.3 is 5.97 Å². The summed E-state index contributed by atoms with van der Waals surface area (Å²) in [6.45, 7) is 2.38. The number of esters is 1. The number of hydrogen-bond acceptors (Lipinski definition) is 3. The van der Waals surface area contributed by atoms with Gasteiger partial charge in [0.25, 0.3) is 5.91 Å². The lowest BCUT2D eigenvalue weighted by atomic mass is 9.88. The molecule has 0 aromatic heterocycles. The third-order valence-electron chi connectivity index (χ3n) is 4.89. The Morgan fingerprint density at radius 1 is 1.08 bits per heavy atom. The fourth-order valence-corrected chi connectivity index (χ4v) is 3.68. The monoisotopic (exact) mass is 321 g/mol. The smallest absolute Gasteiger partial charge is 0.339 e. The standard InChI is InChI=1S/C20H19NO3/c1-20(13-15-8-2-4-10-16(15)18(22)24-20)19(23)21-12-6-9-14-7-3-5-11-17(14)21/h2-5,7-8,10-11H,6,9,12-13H2,1H3/t20-/m0/s1. The summed E-state index contributed by atoms with van der Waals surface area (Å²) < 4.78 is 5.60. The zero-order valence-electron chi connectivity index (χ0n) is 13.6. The largest absolute Gasteiger partial charge is 0.445 e. The van der Waals surface area contributed by atoms with Crippen molar-refractivity contribution in [3.8, 4) is 0 Å². The van der Waals surface area contributed by atoms with Gasteiger partial charge in [-0.2, -0.15) is 0 Å². The van der Waals surface area contributed by atoms with Gasteiger partial charge in [0.2, 0.25) is 0 Å². The van der Waals surface area contributed by atoms with Gasteiger partial charge in [-0.25, -0.2) is 4.79 Å². The zero-order chi connectivity index (χ0) is 16.7. The molecule has 2 aromatic rings. The molecule has 0 radical (unpaired) electrons. The van der Waals surface area contributed by atoms with Crippen LogP contribution in [0.4, 0.5) is 5.69 Å². The summed E-state index contributed by atoms with van der Waals surface area (Å²) in [5, 5.41) is 0. The number of fused-ring (bicyclic) bond motifs is 2. The Hall–Kier alpha value is -2.62. The lowest BCUT2D eigenvalue weighted by Gasteiger charge is -2.39. The van der Waals surface area contributed by atoms with Crippen LogP contribution in [0.1, 0.15) is 34.8 Å². The van der Waals surface area contributed by atoms with E-state index in [1.54, 1.807) is 17.9 Å². The van der Waals surface area contributed by atoms with Gasteiger partial charge in [0.1, 0.15) is 0 Å². The van der Waals surface area contributed by atoms with Crippen LogP contribution in [0.25, 0.3) is 0 Å². The first-order valence-corrected chi connectivity index (χ1v) is 8.30. The minimum atomic E-state index is -1.16. The molecule has 4 rings (SSSR count). The van der Waals surface area contributed by atoms with Crippen LogP contribution in [0, 0.1) is 0 Å². The average Bonchev–Trinajstić information content (AvgIpc) is 2.60. The number of para-hydroxylation sites is 1. The van der Waals surface area contributed by atoms with Crippen molar-refractivity contribution >= 4 is 17.6 Å². The molecule has 0 spiro atoms. The second-order valence-corrected chi connectivity index (χ2v) is 6.64. The first-order chi connectivity index (χ1) is 11.6. The molecule has 24 heavy (non-hydrogen) atoms. The highest BCUT2D eigenvalue weighted by atomic mass is 16.6. The number of aryl methyl sites for hydroxylation is 1. The minimum Gasteiger partial charge on any atom is -0.445 e.